The topological polar surface area (TPSA) is 51.0 Å². The number of rotatable bonds is 3. The molecule has 0 saturated carbocycles. The Bertz CT molecular complexity index is 437. The van der Waals surface area contributed by atoms with Crippen molar-refractivity contribution < 1.29 is 4.42 Å². The fourth-order valence-corrected chi connectivity index (χ4v) is 1.36. The molecule has 1 N–H and O–H groups in total. The molecule has 0 unspecified atom stereocenters. The summed E-state index contributed by atoms with van der Waals surface area (Å²) in [6, 6.07) is 3.78. The molecule has 0 saturated heterocycles. The van der Waals surface area contributed by atoms with E-state index in [2.05, 4.69) is 15.3 Å². The van der Waals surface area contributed by atoms with Crippen LogP contribution in [0.4, 0.5) is 5.82 Å². The van der Waals surface area contributed by atoms with Crippen LogP contribution in [0.15, 0.2) is 29.1 Å². The van der Waals surface area contributed by atoms with Crippen molar-refractivity contribution in [1.29, 1.82) is 0 Å². The van der Waals surface area contributed by atoms with Gasteiger partial charge in [-0.3, -0.25) is 0 Å². The molecule has 0 aliphatic carbocycles. The predicted octanol–water partition coefficient (Wildman–Crippen LogP) is 2.48. The number of aromatic nitrogens is 2. The van der Waals surface area contributed by atoms with Gasteiger partial charge in [0.05, 0.1) is 11.8 Å². The first-order valence-corrected chi connectivity index (χ1v) is 4.91. The van der Waals surface area contributed by atoms with Crippen LogP contribution < -0.4 is 5.32 Å². The first kappa shape index (κ1) is 9.71. The highest BCUT2D eigenvalue weighted by atomic mass is 16.3. The summed E-state index contributed by atoms with van der Waals surface area (Å²) in [5.74, 6) is 1.54. The third-order valence-corrected chi connectivity index (χ3v) is 1.99. The highest BCUT2D eigenvalue weighted by molar-refractivity contribution is 5.55. The first-order chi connectivity index (χ1) is 7.29. The van der Waals surface area contributed by atoms with Crippen molar-refractivity contribution in [2.45, 2.75) is 13.8 Å². The van der Waals surface area contributed by atoms with E-state index in [0.717, 1.165) is 23.6 Å². The van der Waals surface area contributed by atoms with Gasteiger partial charge in [0.25, 0.3) is 0 Å². The number of nitrogens with one attached hydrogen (secondary N) is 1. The number of furan rings is 1. The first-order valence-electron chi connectivity index (χ1n) is 4.91. The van der Waals surface area contributed by atoms with Crippen LogP contribution in [0.1, 0.15) is 12.6 Å². The maximum Gasteiger partial charge on any atom is 0.164 e. The van der Waals surface area contributed by atoms with Crippen molar-refractivity contribution in [3.05, 3.63) is 30.4 Å². The van der Waals surface area contributed by atoms with Gasteiger partial charge in [-0.25, -0.2) is 9.97 Å². The SMILES string of the molecule is CCNc1cc(C)nc(-c2ccoc2)n1. The molecule has 0 fully saturated rings. The Balaban J connectivity index is 2.40. The second-order valence-electron chi connectivity index (χ2n) is 3.26. The van der Waals surface area contributed by atoms with E-state index in [9.17, 15) is 0 Å². The Morgan fingerprint density at radius 2 is 2.27 bits per heavy atom. The second kappa shape index (κ2) is 4.13. The molecule has 2 rings (SSSR count). The number of hydrogen-bond acceptors (Lipinski definition) is 4. The van der Waals surface area contributed by atoms with Gasteiger partial charge in [-0.15, -0.1) is 0 Å². The molecule has 0 spiro atoms. The summed E-state index contributed by atoms with van der Waals surface area (Å²) < 4.78 is 5.01. The molecule has 0 bridgehead atoms. The lowest BCUT2D eigenvalue weighted by Crippen LogP contribution is -2.02. The molecule has 2 aromatic heterocycles. The van der Waals surface area contributed by atoms with E-state index in [-0.39, 0.29) is 0 Å². The zero-order valence-electron chi connectivity index (χ0n) is 8.82. The average molecular weight is 203 g/mol. The van der Waals surface area contributed by atoms with Crippen LogP contribution in [0, 0.1) is 6.92 Å². The summed E-state index contributed by atoms with van der Waals surface area (Å²) in [5.41, 5.74) is 1.84. The summed E-state index contributed by atoms with van der Waals surface area (Å²) >= 11 is 0. The van der Waals surface area contributed by atoms with Crippen LogP contribution in [0.25, 0.3) is 11.4 Å². The van der Waals surface area contributed by atoms with Gasteiger partial charge >= 0.3 is 0 Å². The maximum absolute atomic E-state index is 5.01. The molecule has 0 aliphatic rings. The molecule has 78 valence electrons. The minimum absolute atomic E-state index is 0.694. The largest absolute Gasteiger partial charge is 0.472 e. The molecular weight excluding hydrogens is 190 g/mol. The summed E-state index contributed by atoms with van der Waals surface area (Å²) in [4.78, 5) is 8.73. The molecule has 2 heterocycles. The quantitative estimate of drug-likeness (QED) is 0.832. The van der Waals surface area contributed by atoms with E-state index < -0.39 is 0 Å². The fraction of sp³-hybridized carbons (Fsp3) is 0.273. The van der Waals surface area contributed by atoms with E-state index in [4.69, 9.17) is 4.42 Å². The lowest BCUT2D eigenvalue weighted by molar-refractivity contribution is 0.568. The van der Waals surface area contributed by atoms with Gasteiger partial charge in [0.15, 0.2) is 5.82 Å². The molecule has 4 nitrogen and oxygen atoms in total. The number of hydrogen-bond donors (Lipinski definition) is 1. The predicted molar refractivity (Wildman–Crippen MR) is 58.6 cm³/mol. The minimum Gasteiger partial charge on any atom is -0.472 e. The lowest BCUT2D eigenvalue weighted by atomic mass is 10.3. The Hall–Kier alpha value is -1.84. The third-order valence-electron chi connectivity index (χ3n) is 1.99. The summed E-state index contributed by atoms with van der Waals surface area (Å²) in [7, 11) is 0. The van der Waals surface area contributed by atoms with E-state index in [0.29, 0.717) is 5.82 Å². The highest BCUT2D eigenvalue weighted by Crippen LogP contribution is 2.17. The van der Waals surface area contributed by atoms with Crippen molar-refractivity contribution in [2.75, 3.05) is 11.9 Å². The van der Waals surface area contributed by atoms with Crippen LogP contribution in [0.5, 0.6) is 0 Å². The molecule has 2 aromatic rings. The summed E-state index contributed by atoms with van der Waals surface area (Å²) in [6.07, 6.45) is 3.26. The smallest absolute Gasteiger partial charge is 0.164 e. The molecule has 15 heavy (non-hydrogen) atoms. The zero-order chi connectivity index (χ0) is 10.7. The van der Waals surface area contributed by atoms with Gasteiger partial charge in [0.2, 0.25) is 0 Å². The van der Waals surface area contributed by atoms with Gasteiger partial charge in [0, 0.05) is 18.3 Å². The maximum atomic E-state index is 5.01. The fourth-order valence-electron chi connectivity index (χ4n) is 1.36. The average Bonchev–Trinajstić information content (AvgIpc) is 2.70. The van der Waals surface area contributed by atoms with E-state index in [1.807, 2.05) is 26.0 Å². The molecular formula is C11H13N3O. The molecule has 0 radical (unpaired) electrons. The Morgan fingerprint density at radius 3 is 2.93 bits per heavy atom. The van der Waals surface area contributed by atoms with Crippen LogP contribution in [-0.4, -0.2) is 16.5 Å². The lowest BCUT2D eigenvalue weighted by Gasteiger charge is -2.05. The minimum atomic E-state index is 0.694. The second-order valence-corrected chi connectivity index (χ2v) is 3.26. The van der Waals surface area contributed by atoms with Crippen molar-refractivity contribution in [2.24, 2.45) is 0 Å². The van der Waals surface area contributed by atoms with Gasteiger partial charge in [0.1, 0.15) is 12.1 Å². The van der Waals surface area contributed by atoms with Crippen LogP contribution in [0.2, 0.25) is 0 Å². The number of anilines is 1. The van der Waals surface area contributed by atoms with Gasteiger partial charge in [-0.1, -0.05) is 0 Å². The monoisotopic (exact) mass is 203 g/mol. The van der Waals surface area contributed by atoms with E-state index >= 15 is 0 Å². The molecule has 4 heteroatoms. The molecule has 0 atom stereocenters. The van der Waals surface area contributed by atoms with E-state index in [1.54, 1.807) is 12.5 Å². The summed E-state index contributed by atoms with van der Waals surface area (Å²) in [5, 5.41) is 3.17. The highest BCUT2D eigenvalue weighted by Gasteiger charge is 2.05. The Labute approximate surface area is 88.4 Å². The number of nitrogens with zero attached hydrogens (tertiary/aromatic N) is 2. The van der Waals surface area contributed by atoms with Gasteiger partial charge in [-0.05, 0) is 19.9 Å². The number of aryl methyl sites for hydroxylation is 1. The van der Waals surface area contributed by atoms with Gasteiger partial charge in [-0.2, -0.15) is 0 Å². The molecule has 0 aliphatic heterocycles. The Kier molecular flexibility index (Phi) is 2.67. The molecule has 0 aromatic carbocycles. The Morgan fingerprint density at radius 1 is 1.40 bits per heavy atom. The molecule has 0 amide bonds. The van der Waals surface area contributed by atoms with Gasteiger partial charge < -0.3 is 9.73 Å². The standard InChI is InChI=1S/C11H13N3O/c1-3-12-10-6-8(2)13-11(14-10)9-4-5-15-7-9/h4-7H,3H2,1-2H3,(H,12,13,14). The van der Waals surface area contributed by atoms with Crippen molar-refractivity contribution in [3.8, 4) is 11.4 Å². The van der Waals surface area contributed by atoms with Crippen molar-refractivity contribution >= 4 is 5.82 Å². The summed E-state index contributed by atoms with van der Waals surface area (Å²) in [6.45, 7) is 4.84. The van der Waals surface area contributed by atoms with Crippen LogP contribution >= 0.6 is 0 Å². The van der Waals surface area contributed by atoms with Crippen LogP contribution in [-0.2, 0) is 0 Å². The zero-order valence-corrected chi connectivity index (χ0v) is 8.82. The third kappa shape index (κ3) is 2.15. The van der Waals surface area contributed by atoms with E-state index in [1.165, 1.54) is 0 Å². The van der Waals surface area contributed by atoms with Crippen molar-refractivity contribution in [3.63, 3.8) is 0 Å². The van der Waals surface area contributed by atoms with Crippen LogP contribution in [0.3, 0.4) is 0 Å². The normalized spacial score (nSPS) is 10.3. The van der Waals surface area contributed by atoms with Crippen molar-refractivity contribution in [1.82, 2.24) is 9.97 Å².